The molecule has 80 valence electrons. The lowest BCUT2D eigenvalue weighted by molar-refractivity contribution is 0.266. The molecule has 1 rings (SSSR count). The van der Waals surface area contributed by atoms with Crippen LogP contribution in [0.25, 0.3) is 0 Å². The van der Waals surface area contributed by atoms with E-state index in [-0.39, 0.29) is 18.1 Å². The second kappa shape index (κ2) is 3.75. The molecule has 1 atom stereocenters. The summed E-state index contributed by atoms with van der Waals surface area (Å²) in [5, 5.41) is 8.96. The van der Waals surface area contributed by atoms with Gasteiger partial charge in [-0.1, -0.05) is 20.8 Å². The van der Waals surface area contributed by atoms with Crippen LogP contribution in [0.15, 0.2) is 10.5 Å². The Bertz CT molecular complexity index is 310. The van der Waals surface area contributed by atoms with Crippen LogP contribution in [0.5, 0.6) is 0 Å². The molecule has 0 unspecified atom stereocenters. The van der Waals surface area contributed by atoms with E-state index in [0.717, 1.165) is 17.1 Å². The maximum Gasteiger partial charge on any atom is 0.109 e. The summed E-state index contributed by atoms with van der Waals surface area (Å²) < 4.78 is 5.61. The molecule has 1 aromatic rings. The number of hydrogen-bond donors (Lipinski definition) is 2. The van der Waals surface area contributed by atoms with Crippen LogP contribution in [0.3, 0.4) is 0 Å². The van der Waals surface area contributed by atoms with Crippen LogP contribution >= 0.6 is 0 Å². The molecule has 0 aliphatic rings. The van der Waals surface area contributed by atoms with Gasteiger partial charge in [0, 0.05) is 11.0 Å². The summed E-state index contributed by atoms with van der Waals surface area (Å²) in [4.78, 5) is 0. The summed E-state index contributed by atoms with van der Waals surface area (Å²) in [6.07, 6.45) is 0. The molecule has 3 N–H and O–H groups in total. The number of furan rings is 1. The summed E-state index contributed by atoms with van der Waals surface area (Å²) in [7, 11) is 0. The molecule has 0 radical (unpaired) electrons. The third-order valence-corrected chi connectivity index (χ3v) is 2.29. The van der Waals surface area contributed by atoms with Crippen LogP contribution in [-0.4, -0.2) is 11.7 Å². The Morgan fingerprint density at radius 2 is 2.07 bits per heavy atom. The van der Waals surface area contributed by atoms with Gasteiger partial charge in [-0.3, -0.25) is 0 Å². The van der Waals surface area contributed by atoms with Crippen LogP contribution in [0.4, 0.5) is 0 Å². The maximum absolute atomic E-state index is 8.96. The highest BCUT2D eigenvalue weighted by Crippen LogP contribution is 2.29. The smallest absolute Gasteiger partial charge is 0.109 e. The molecule has 1 heterocycles. The highest BCUT2D eigenvalue weighted by molar-refractivity contribution is 5.27. The molecular weight excluding hydrogens is 178 g/mol. The number of nitrogens with two attached hydrogens (primary N) is 1. The van der Waals surface area contributed by atoms with Gasteiger partial charge in [-0.05, 0) is 13.0 Å². The molecule has 14 heavy (non-hydrogen) atoms. The zero-order chi connectivity index (χ0) is 10.9. The van der Waals surface area contributed by atoms with Crippen LogP contribution in [0.1, 0.15) is 43.9 Å². The Morgan fingerprint density at radius 3 is 2.43 bits per heavy atom. The van der Waals surface area contributed by atoms with Crippen molar-refractivity contribution in [2.45, 2.75) is 39.2 Å². The van der Waals surface area contributed by atoms with Gasteiger partial charge >= 0.3 is 0 Å². The third kappa shape index (κ3) is 2.16. The predicted octanol–water partition coefficient (Wildman–Crippen LogP) is 1.88. The average molecular weight is 197 g/mol. The van der Waals surface area contributed by atoms with E-state index >= 15 is 0 Å². The second-order valence-electron chi connectivity index (χ2n) is 4.66. The molecule has 0 amide bonds. The summed E-state index contributed by atoms with van der Waals surface area (Å²) in [6, 6.07) is 1.60. The van der Waals surface area contributed by atoms with E-state index in [2.05, 4.69) is 20.8 Å². The third-order valence-electron chi connectivity index (χ3n) is 2.29. The molecule has 3 heteroatoms. The Kier molecular flexibility index (Phi) is 3.02. The molecule has 0 spiro atoms. The first-order valence-electron chi connectivity index (χ1n) is 4.83. The van der Waals surface area contributed by atoms with Gasteiger partial charge in [0.1, 0.15) is 11.5 Å². The van der Waals surface area contributed by atoms with Crippen molar-refractivity contribution in [3.63, 3.8) is 0 Å². The van der Waals surface area contributed by atoms with Crippen LogP contribution in [-0.2, 0) is 5.41 Å². The maximum atomic E-state index is 8.96. The molecule has 1 aromatic heterocycles. The van der Waals surface area contributed by atoms with E-state index in [1.54, 1.807) is 0 Å². The number of aliphatic hydroxyl groups excluding tert-OH is 1. The van der Waals surface area contributed by atoms with Crippen molar-refractivity contribution >= 4 is 0 Å². The summed E-state index contributed by atoms with van der Waals surface area (Å²) in [6.45, 7) is 8.07. The number of aliphatic hydroxyl groups is 1. The molecule has 0 aliphatic carbocycles. The normalized spacial score (nSPS) is 14.4. The summed E-state index contributed by atoms with van der Waals surface area (Å²) in [5.41, 5.74) is 6.63. The molecule has 0 bridgehead atoms. The van der Waals surface area contributed by atoms with E-state index in [1.807, 2.05) is 13.0 Å². The standard InChI is InChI=1S/C11H19NO2/c1-7-8(9(12)6-13)5-10(14-7)11(2,3)4/h5,9,13H,6,12H2,1-4H3/t9-/m1/s1. The van der Waals surface area contributed by atoms with E-state index in [1.165, 1.54) is 0 Å². The van der Waals surface area contributed by atoms with Gasteiger partial charge in [0.25, 0.3) is 0 Å². The highest BCUT2D eigenvalue weighted by atomic mass is 16.3. The minimum atomic E-state index is -0.338. The van der Waals surface area contributed by atoms with Crippen LogP contribution in [0, 0.1) is 6.92 Å². The van der Waals surface area contributed by atoms with E-state index < -0.39 is 0 Å². The average Bonchev–Trinajstić information content (AvgIpc) is 2.45. The summed E-state index contributed by atoms with van der Waals surface area (Å²) >= 11 is 0. The van der Waals surface area contributed by atoms with Crippen molar-refractivity contribution in [3.8, 4) is 0 Å². The van der Waals surface area contributed by atoms with Crippen molar-refractivity contribution in [1.82, 2.24) is 0 Å². The molecule has 3 nitrogen and oxygen atoms in total. The quantitative estimate of drug-likeness (QED) is 0.761. The molecule has 0 fully saturated rings. The van der Waals surface area contributed by atoms with Gasteiger partial charge in [-0.2, -0.15) is 0 Å². The van der Waals surface area contributed by atoms with Crippen molar-refractivity contribution in [2.75, 3.05) is 6.61 Å². The SMILES string of the molecule is Cc1oc(C(C)(C)C)cc1[C@H](N)CO. The number of hydrogen-bond acceptors (Lipinski definition) is 3. The fourth-order valence-corrected chi connectivity index (χ4v) is 1.33. The first-order valence-corrected chi connectivity index (χ1v) is 4.83. The number of aryl methyl sites for hydroxylation is 1. The summed E-state index contributed by atoms with van der Waals surface area (Å²) in [5.74, 6) is 1.71. The van der Waals surface area contributed by atoms with Crippen LogP contribution < -0.4 is 5.73 Å². The Balaban J connectivity index is 3.05. The zero-order valence-corrected chi connectivity index (χ0v) is 9.29. The molecule has 0 saturated heterocycles. The van der Waals surface area contributed by atoms with Gasteiger partial charge in [0.15, 0.2) is 0 Å². The van der Waals surface area contributed by atoms with Gasteiger partial charge in [0.05, 0.1) is 12.6 Å². The lowest BCUT2D eigenvalue weighted by Crippen LogP contribution is -2.15. The minimum absolute atomic E-state index is 0.0157. The molecule has 0 saturated carbocycles. The fraction of sp³-hybridized carbons (Fsp3) is 0.636. The lowest BCUT2D eigenvalue weighted by atomic mass is 9.92. The highest BCUT2D eigenvalue weighted by Gasteiger charge is 2.22. The second-order valence-corrected chi connectivity index (χ2v) is 4.66. The van der Waals surface area contributed by atoms with E-state index in [9.17, 15) is 0 Å². The van der Waals surface area contributed by atoms with Crippen molar-refractivity contribution < 1.29 is 9.52 Å². The molecule has 0 aromatic carbocycles. The van der Waals surface area contributed by atoms with E-state index in [4.69, 9.17) is 15.3 Å². The Labute approximate surface area is 84.9 Å². The van der Waals surface area contributed by atoms with E-state index in [0.29, 0.717) is 0 Å². The topological polar surface area (TPSA) is 59.4 Å². The fourth-order valence-electron chi connectivity index (χ4n) is 1.33. The largest absolute Gasteiger partial charge is 0.465 e. The molecular formula is C11H19NO2. The molecule has 0 aliphatic heterocycles. The first kappa shape index (κ1) is 11.3. The van der Waals surface area contributed by atoms with Crippen molar-refractivity contribution in [1.29, 1.82) is 0 Å². The Hall–Kier alpha value is -0.800. The predicted molar refractivity (Wildman–Crippen MR) is 56.2 cm³/mol. The minimum Gasteiger partial charge on any atom is -0.465 e. The lowest BCUT2D eigenvalue weighted by Gasteiger charge is -2.13. The van der Waals surface area contributed by atoms with Gasteiger partial charge in [-0.25, -0.2) is 0 Å². The van der Waals surface area contributed by atoms with Gasteiger partial charge in [0.2, 0.25) is 0 Å². The van der Waals surface area contributed by atoms with Crippen LogP contribution in [0.2, 0.25) is 0 Å². The Morgan fingerprint density at radius 1 is 1.50 bits per heavy atom. The van der Waals surface area contributed by atoms with Crippen molar-refractivity contribution in [2.24, 2.45) is 5.73 Å². The van der Waals surface area contributed by atoms with Crippen molar-refractivity contribution in [3.05, 3.63) is 23.2 Å². The van der Waals surface area contributed by atoms with Gasteiger partial charge < -0.3 is 15.3 Å². The zero-order valence-electron chi connectivity index (χ0n) is 9.29. The monoisotopic (exact) mass is 197 g/mol. The van der Waals surface area contributed by atoms with Gasteiger partial charge in [-0.15, -0.1) is 0 Å². The first-order chi connectivity index (χ1) is 6.36. The number of rotatable bonds is 2.